The number of nitrogens with one attached hydrogen (secondary N) is 1. The van der Waals surface area contributed by atoms with Crippen LogP contribution in [0.25, 0.3) is 0 Å². The number of rotatable bonds is 5. The lowest BCUT2D eigenvalue weighted by Gasteiger charge is -2.18. The van der Waals surface area contributed by atoms with Crippen molar-refractivity contribution in [1.29, 1.82) is 0 Å². The Hall–Kier alpha value is -2.44. The number of hydrazone groups is 1. The van der Waals surface area contributed by atoms with Crippen molar-refractivity contribution >= 4 is 12.3 Å². The summed E-state index contributed by atoms with van der Waals surface area (Å²) in [5, 5.41) is 3.83. The lowest BCUT2D eigenvalue weighted by atomic mass is 10.2. The Labute approximate surface area is 130 Å². The minimum Gasteiger partial charge on any atom is -0.493 e. The first-order chi connectivity index (χ1) is 10.3. The summed E-state index contributed by atoms with van der Waals surface area (Å²) in [6, 6.07) is 3.42. The average molecular weight is 310 g/mol. The molecule has 0 fully saturated rings. The maximum Gasteiger partial charge on any atom is 0.428 e. The third kappa shape index (κ3) is 5.16. The highest BCUT2D eigenvalue weighted by molar-refractivity contribution is 5.83. The predicted molar refractivity (Wildman–Crippen MR) is 83.1 cm³/mol. The van der Waals surface area contributed by atoms with Gasteiger partial charge in [0.1, 0.15) is 5.60 Å². The molecule has 0 saturated carbocycles. The number of amides is 1. The topological polar surface area (TPSA) is 78.4 Å². The van der Waals surface area contributed by atoms with E-state index in [9.17, 15) is 4.79 Å². The van der Waals surface area contributed by atoms with Crippen molar-refractivity contribution in [3.8, 4) is 17.2 Å². The first kappa shape index (κ1) is 17.6. The zero-order valence-corrected chi connectivity index (χ0v) is 13.7. The van der Waals surface area contributed by atoms with Crippen LogP contribution in [0.3, 0.4) is 0 Å². The molecule has 0 spiro atoms. The number of methoxy groups -OCH3 is 3. The number of benzene rings is 1. The number of hydrogen-bond donors (Lipinski definition) is 1. The predicted octanol–water partition coefficient (Wildman–Crippen LogP) is 2.57. The van der Waals surface area contributed by atoms with Gasteiger partial charge >= 0.3 is 6.09 Å². The lowest BCUT2D eigenvalue weighted by molar-refractivity contribution is 0.0529. The van der Waals surface area contributed by atoms with Crippen LogP contribution < -0.4 is 19.6 Å². The van der Waals surface area contributed by atoms with Crippen molar-refractivity contribution in [3.05, 3.63) is 17.7 Å². The Morgan fingerprint density at radius 3 is 2.05 bits per heavy atom. The number of hydrogen-bond acceptors (Lipinski definition) is 6. The molecule has 122 valence electrons. The van der Waals surface area contributed by atoms with Crippen LogP contribution >= 0.6 is 0 Å². The summed E-state index contributed by atoms with van der Waals surface area (Å²) < 4.78 is 20.8. The van der Waals surface area contributed by atoms with E-state index in [4.69, 9.17) is 18.9 Å². The van der Waals surface area contributed by atoms with Gasteiger partial charge in [-0.3, -0.25) is 0 Å². The molecule has 0 saturated heterocycles. The zero-order valence-electron chi connectivity index (χ0n) is 13.7. The molecule has 0 atom stereocenters. The van der Waals surface area contributed by atoms with Crippen LogP contribution in [0.1, 0.15) is 26.3 Å². The normalized spacial score (nSPS) is 11.2. The van der Waals surface area contributed by atoms with Crippen LogP contribution in [0.5, 0.6) is 17.2 Å². The second-order valence-corrected chi connectivity index (χ2v) is 5.33. The summed E-state index contributed by atoms with van der Waals surface area (Å²) in [7, 11) is 4.58. The number of ether oxygens (including phenoxy) is 4. The molecule has 0 radical (unpaired) electrons. The third-order valence-corrected chi connectivity index (χ3v) is 2.46. The Morgan fingerprint density at radius 1 is 1.09 bits per heavy atom. The van der Waals surface area contributed by atoms with E-state index in [2.05, 4.69) is 10.5 Å². The van der Waals surface area contributed by atoms with Crippen molar-refractivity contribution in [3.63, 3.8) is 0 Å². The molecule has 0 aliphatic rings. The van der Waals surface area contributed by atoms with Crippen LogP contribution in [-0.4, -0.2) is 39.2 Å². The summed E-state index contributed by atoms with van der Waals surface area (Å²) in [5.41, 5.74) is 2.38. The number of carbonyl (C=O) groups excluding carboxylic acids is 1. The Bertz CT molecular complexity index is 524. The van der Waals surface area contributed by atoms with Gasteiger partial charge in [-0.15, -0.1) is 0 Å². The van der Waals surface area contributed by atoms with E-state index in [0.717, 1.165) is 0 Å². The molecule has 0 bridgehead atoms. The molecule has 7 nitrogen and oxygen atoms in total. The molecule has 0 aliphatic heterocycles. The Balaban J connectivity index is 2.85. The summed E-state index contributed by atoms with van der Waals surface area (Å²) in [5.74, 6) is 1.49. The van der Waals surface area contributed by atoms with Crippen LogP contribution in [0, 0.1) is 0 Å². The molecule has 0 heterocycles. The quantitative estimate of drug-likeness (QED) is 0.668. The van der Waals surface area contributed by atoms with E-state index in [-0.39, 0.29) is 0 Å². The van der Waals surface area contributed by atoms with Gasteiger partial charge in [-0.25, -0.2) is 10.2 Å². The zero-order chi connectivity index (χ0) is 16.8. The fraction of sp³-hybridized carbons (Fsp3) is 0.467. The molecule has 0 unspecified atom stereocenters. The van der Waals surface area contributed by atoms with E-state index in [0.29, 0.717) is 22.8 Å². The number of nitrogens with zero attached hydrogens (tertiary/aromatic N) is 1. The maximum absolute atomic E-state index is 11.5. The van der Waals surface area contributed by atoms with Gasteiger partial charge in [0.25, 0.3) is 0 Å². The Morgan fingerprint density at radius 2 is 1.64 bits per heavy atom. The van der Waals surface area contributed by atoms with E-state index < -0.39 is 11.7 Å². The molecular formula is C15H22N2O5. The highest BCUT2D eigenvalue weighted by Gasteiger charge is 2.15. The highest BCUT2D eigenvalue weighted by Crippen LogP contribution is 2.37. The molecule has 1 aromatic carbocycles. The SMILES string of the molecule is COc1cc(/C=N\NC(=O)OC(C)(C)C)cc(OC)c1OC. The lowest BCUT2D eigenvalue weighted by Crippen LogP contribution is -2.29. The molecule has 1 aromatic rings. The summed E-state index contributed by atoms with van der Waals surface area (Å²) >= 11 is 0. The molecule has 7 heteroatoms. The van der Waals surface area contributed by atoms with E-state index in [1.807, 2.05) is 0 Å². The summed E-state index contributed by atoms with van der Waals surface area (Å²) in [4.78, 5) is 11.5. The van der Waals surface area contributed by atoms with Crippen LogP contribution in [-0.2, 0) is 4.74 Å². The van der Waals surface area contributed by atoms with Crippen LogP contribution in [0.4, 0.5) is 4.79 Å². The van der Waals surface area contributed by atoms with Gasteiger partial charge in [0.2, 0.25) is 5.75 Å². The molecule has 0 aromatic heterocycles. The minimum absolute atomic E-state index is 0.488. The molecule has 1 amide bonds. The van der Waals surface area contributed by atoms with E-state index in [1.165, 1.54) is 27.5 Å². The first-order valence-electron chi connectivity index (χ1n) is 6.62. The summed E-state index contributed by atoms with van der Waals surface area (Å²) in [6.07, 6.45) is 0.824. The van der Waals surface area contributed by atoms with Crippen molar-refractivity contribution in [2.45, 2.75) is 26.4 Å². The van der Waals surface area contributed by atoms with Gasteiger partial charge in [0.05, 0.1) is 27.5 Å². The highest BCUT2D eigenvalue weighted by atomic mass is 16.6. The minimum atomic E-state index is -0.629. The molecule has 1 N–H and O–H groups in total. The molecule has 1 rings (SSSR count). The second kappa shape index (κ2) is 7.53. The largest absolute Gasteiger partial charge is 0.493 e. The molecule has 0 aliphatic carbocycles. The van der Waals surface area contributed by atoms with Crippen LogP contribution in [0.2, 0.25) is 0 Å². The van der Waals surface area contributed by atoms with Crippen molar-refractivity contribution in [1.82, 2.24) is 5.43 Å². The number of carbonyl (C=O) groups is 1. The fourth-order valence-corrected chi connectivity index (χ4v) is 1.64. The van der Waals surface area contributed by atoms with E-state index >= 15 is 0 Å². The molecule has 22 heavy (non-hydrogen) atoms. The van der Waals surface area contributed by atoms with Crippen molar-refractivity contribution in [2.75, 3.05) is 21.3 Å². The smallest absolute Gasteiger partial charge is 0.428 e. The fourth-order valence-electron chi connectivity index (χ4n) is 1.64. The van der Waals surface area contributed by atoms with E-state index in [1.54, 1.807) is 32.9 Å². The van der Waals surface area contributed by atoms with Gasteiger partial charge in [0.15, 0.2) is 11.5 Å². The van der Waals surface area contributed by atoms with Crippen molar-refractivity contribution < 1.29 is 23.7 Å². The summed E-state index contributed by atoms with van der Waals surface area (Å²) in [6.45, 7) is 5.32. The monoisotopic (exact) mass is 310 g/mol. The maximum atomic E-state index is 11.5. The Kier molecular flexibility index (Phi) is 6.03. The standard InChI is InChI=1S/C15H22N2O5/c1-15(2,3)22-14(18)17-16-9-10-7-11(19-4)13(21-6)12(8-10)20-5/h7-9H,1-6H3,(H,17,18)/b16-9-. The third-order valence-electron chi connectivity index (χ3n) is 2.46. The van der Waals surface area contributed by atoms with Gasteiger partial charge in [-0.1, -0.05) is 0 Å². The van der Waals surface area contributed by atoms with Gasteiger partial charge in [0, 0.05) is 5.56 Å². The molecular weight excluding hydrogens is 288 g/mol. The van der Waals surface area contributed by atoms with Crippen molar-refractivity contribution in [2.24, 2.45) is 5.10 Å². The second-order valence-electron chi connectivity index (χ2n) is 5.33. The van der Waals surface area contributed by atoms with Gasteiger partial charge in [-0.05, 0) is 32.9 Å². The average Bonchev–Trinajstić information content (AvgIpc) is 2.44. The van der Waals surface area contributed by atoms with Crippen LogP contribution in [0.15, 0.2) is 17.2 Å². The van der Waals surface area contributed by atoms with Gasteiger partial charge in [-0.2, -0.15) is 5.10 Å². The van der Waals surface area contributed by atoms with Gasteiger partial charge < -0.3 is 18.9 Å². The first-order valence-corrected chi connectivity index (χ1v) is 6.62.